The van der Waals surface area contributed by atoms with Crippen LogP contribution in [0.25, 0.3) is 22.0 Å². The van der Waals surface area contributed by atoms with Crippen molar-refractivity contribution in [2.45, 2.75) is 19.9 Å². The monoisotopic (exact) mass is 391 g/mol. The summed E-state index contributed by atoms with van der Waals surface area (Å²) in [6, 6.07) is 16.2. The molecule has 1 amide bonds. The van der Waals surface area contributed by atoms with Crippen LogP contribution >= 0.6 is 0 Å². The number of ether oxygens (including phenoxy) is 1. The highest BCUT2D eigenvalue weighted by atomic mass is 16.5. The van der Waals surface area contributed by atoms with Gasteiger partial charge in [0.1, 0.15) is 17.2 Å². The fraction of sp³-hybridized carbons (Fsp3) is 0.227. The van der Waals surface area contributed by atoms with Crippen molar-refractivity contribution in [3.05, 3.63) is 70.8 Å². The van der Waals surface area contributed by atoms with E-state index in [0.29, 0.717) is 17.9 Å². The molecule has 0 saturated heterocycles. The Bertz CT molecular complexity index is 1230. The lowest BCUT2D eigenvalue weighted by Gasteiger charge is -2.09. The van der Waals surface area contributed by atoms with Crippen molar-refractivity contribution in [1.29, 1.82) is 0 Å². The van der Waals surface area contributed by atoms with E-state index in [1.807, 2.05) is 31.2 Å². The van der Waals surface area contributed by atoms with Crippen molar-refractivity contribution < 1.29 is 13.9 Å². The lowest BCUT2D eigenvalue weighted by atomic mass is 10.2. The fourth-order valence-electron chi connectivity index (χ4n) is 3.27. The van der Waals surface area contributed by atoms with Crippen molar-refractivity contribution in [3.8, 4) is 5.75 Å². The third kappa shape index (κ3) is 4.29. The van der Waals surface area contributed by atoms with Crippen LogP contribution in [0.15, 0.2) is 63.8 Å². The van der Waals surface area contributed by atoms with Crippen molar-refractivity contribution in [2.24, 2.45) is 0 Å². The lowest BCUT2D eigenvalue weighted by Crippen LogP contribution is -2.30. The number of aryl methyl sites for hydroxylation is 2. The molecule has 0 aliphatic carbocycles. The molecule has 29 heavy (non-hydrogen) atoms. The molecule has 0 fully saturated rings. The summed E-state index contributed by atoms with van der Waals surface area (Å²) in [5, 5.41) is 3.65. The summed E-state index contributed by atoms with van der Waals surface area (Å²) in [7, 11) is 0. The highest BCUT2D eigenvalue weighted by molar-refractivity contribution is 5.79. The number of amides is 1. The third-order valence-electron chi connectivity index (χ3n) is 4.69. The van der Waals surface area contributed by atoms with E-state index in [9.17, 15) is 9.59 Å². The number of carbonyl (C=O) groups is 1. The van der Waals surface area contributed by atoms with Crippen molar-refractivity contribution in [1.82, 2.24) is 14.9 Å². The number of imidazole rings is 1. The number of rotatable bonds is 7. The van der Waals surface area contributed by atoms with E-state index in [2.05, 4.69) is 14.9 Å². The fourth-order valence-corrected chi connectivity index (χ4v) is 3.27. The summed E-state index contributed by atoms with van der Waals surface area (Å²) in [5.41, 5.74) is 2.09. The minimum absolute atomic E-state index is 0.102. The molecule has 4 rings (SSSR count). The van der Waals surface area contributed by atoms with Crippen LogP contribution in [0.3, 0.4) is 0 Å². The second-order valence-electron chi connectivity index (χ2n) is 6.75. The molecule has 2 aromatic carbocycles. The summed E-state index contributed by atoms with van der Waals surface area (Å²) >= 11 is 0. The van der Waals surface area contributed by atoms with E-state index in [0.717, 1.165) is 35.2 Å². The molecule has 148 valence electrons. The van der Waals surface area contributed by atoms with E-state index in [4.69, 9.17) is 9.15 Å². The molecule has 2 heterocycles. The number of benzene rings is 2. The Morgan fingerprint density at radius 2 is 2.00 bits per heavy atom. The van der Waals surface area contributed by atoms with Crippen molar-refractivity contribution in [2.75, 3.05) is 13.2 Å². The summed E-state index contributed by atoms with van der Waals surface area (Å²) in [4.78, 5) is 27.9. The molecule has 0 unspecified atom stereocenters. The van der Waals surface area contributed by atoms with Gasteiger partial charge < -0.3 is 19.0 Å². The maximum absolute atomic E-state index is 12.0. The number of para-hydroxylation sites is 2. The van der Waals surface area contributed by atoms with Crippen molar-refractivity contribution in [3.63, 3.8) is 0 Å². The molecule has 2 aromatic heterocycles. The Labute approximate surface area is 166 Å². The Kier molecular flexibility index (Phi) is 5.29. The number of fused-ring (bicyclic) bond motifs is 2. The van der Waals surface area contributed by atoms with E-state index < -0.39 is 5.63 Å². The van der Waals surface area contributed by atoms with Gasteiger partial charge in [0.2, 0.25) is 0 Å². The number of carbonyl (C=O) groups excluding carboxylic acids is 1. The van der Waals surface area contributed by atoms with Crippen LogP contribution in [0, 0.1) is 6.92 Å². The first-order valence-electron chi connectivity index (χ1n) is 9.45. The zero-order chi connectivity index (χ0) is 20.2. The molecule has 0 bridgehead atoms. The van der Waals surface area contributed by atoms with Gasteiger partial charge in [0, 0.05) is 30.6 Å². The number of hydrogen-bond donors (Lipinski definition) is 1. The van der Waals surface area contributed by atoms with Crippen LogP contribution < -0.4 is 15.7 Å². The van der Waals surface area contributed by atoms with Gasteiger partial charge in [-0.25, -0.2) is 9.78 Å². The van der Waals surface area contributed by atoms with Gasteiger partial charge in [0.15, 0.2) is 6.61 Å². The first kappa shape index (κ1) is 18.7. The molecule has 0 aliphatic heterocycles. The Morgan fingerprint density at radius 1 is 1.17 bits per heavy atom. The first-order chi connectivity index (χ1) is 14.1. The maximum atomic E-state index is 12.0. The minimum Gasteiger partial charge on any atom is -0.484 e. The van der Waals surface area contributed by atoms with Gasteiger partial charge in [0.05, 0.1) is 11.0 Å². The van der Waals surface area contributed by atoms with E-state index in [1.165, 1.54) is 6.07 Å². The summed E-state index contributed by atoms with van der Waals surface area (Å²) in [6.07, 6.45) is 0.786. The molecule has 4 aromatic rings. The Balaban J connectivity index is 1.26. The molecular weight excluding hydrogens is 370 g/mol. The normalized spacial score (nSPS) is 11.1. The van der Waals surface area contributed by atoms with Gasteiger partial charge in [-0.15, -0.1) is 0 Å². The Hall–Kier alpha value is -3.61. The predicted octanol–water partition coefficient (Wildman–Crippen LogP) is 3.04. The molecule has 7 heteroatoms. The second-order valence-corrected chi connectivity index (χ2v) is 6.75. The molecule has 0 spiro atoms. The van der Waals surface area contributed by atoms with Gasteiger partial charge in [-0.1, -0.05) is 12.1 Å². The predicted molar refractivity (Wildman–Crippen MR) is 110 cm³/mol. The number of hydrogen-bond acceptors (Lipinski definition) is 5. The van der Waals surface area contributed by atoms with Crippen LogP contribution in [-0.2, 0) is 11.3 Å². The number of nitrogens with one attached hydrogen (secondary N) is 1. The van der Waals surface area contributed by atoms with E-state index in [-0.39, 0.29) is 12.5 Å². The van der Waals surface area contributed by atoms with Crippen LogP contribution in [0.1, 0.15) is 12.2 Å². The van der Waals surface area contributed by atoms with E-state index >= 15 is 0 Å². The highest BCUT2D eigenvalue weighted by Crippen LogP contribution is 2.19. The van der Waals surface area contributed by atoms with E-state index in [1.54, 1.807) is 24.3 Å². The average molecular weight is 391 g/mol. The van der Waals surface area contributed by atoms with Crippen LogP contribution in [0.5, 0.6) is 5.75 Å². The quantitative estimate of drug-likeness (QED) is 0.387. The van der Waals surface area contributed by atoms with Crippen LogP contribution in [0.2, 0.25) is 0 Å². The lowest BCUT2D eigenvalue weighted by molar-refractivity contribution is -0.123. The standard InChI is InChI=1S/C22H21N3O4/c1-15-24-18-5-2-3-6-19(18)25(15)12-4-11-23-21(26)14-28-17-9-7-16-8-10-22(27)29-20(16)13-17/h2-3,5-10,13H,4,11-12,14H2,1H3,(H,23,26). The third-order valence-corrected chi connectivity index (χ3v) is 4.69. The first-order valence-corrected chi connectivity index (χ1v) is 9.45. The largest absolute Gasteiger partial charge is 0.484 e. The SMILES string of the molecule is Cc1nc2ccccc2n1CCCNC(=O)COc1ccc2ccc(=O)oc2c1. The number of aromatic nitrogens is 2. The maximum Gasteiger partial charge on any atom is 0.336 e. The number of nitrogens with zero attached hydrogens (tertiary/aromatic N) is 2. The van der Waals surface area contributed by atoms with Crippen LogP contribution in [-0.4, -0.2) is 28.6 Å². The van der Waals surface area contributed by atoms with Crippen molar-refractivity contribution >= 4 is 27.9 Å². The summed E-state index contributed by atoms with van der Waals surface area (Å²) < 4.78 is 12.8. The molecule has 0 aliphatic rings. The molecule has 0 radical (unpaired) electrons. The second kappa shape index (κ2) is 8.18. The molecule has 0 saturated carbocycles. The van der Waals surface area contributed by atoms with Gasteiger partial charge in [-0.05, 0) is 43.7 Å². The van der Waals surface area contributed by atoms with Gasteiger partial charge in [-0.3, -0.25) is 4.79 Å². The zero-order valence-corrected chi connectivity index (χ0v) is 16.1. The molecule has 0 atom stereocenters. The Morgan fingerprint density at radius 3 is 2.90 bits per heavy atom. The average Bonchev–Trinajstić information content (AvgIpc) is 3.04. The van der Waals surface area contributed by atoms with Crippen LogP contribution in [0.4, 0.5) is 0 Å². The zero-order valence-electron chi connectivity index (χ0n) is 16.1. The van der Waals surface area contributed by atoms with Gasteiger partial charge >= 0.3 is 5.63 Å². The van der Waals surface area contributed by atoms with Gasteiger partial charge in [-0.2, -0.15) is 0 Å². The molecular formula is C22H21N3O4. The topological polar surface area (TPSA) is 86.4 Å². The summed E-state index contributed by atoms with van der Waals surface area (Å²) in [5.74, 6) is 1.23. The highest BCUT2D eigenvalue weighted by Gasteiger charge is 2.07. The molecule has 7 nitrogen and oxygen atoms in total. The smallest absolute Gasteiger partial charge is 0.336 e. The van der Waals surface area contributed by atoms with Gasteiger partial charge in [0.25, 0.3) is 5.91 Å². The minimum atomic E-state index is -0.423. The summed E-state index contributed by atoms with van der Waals surface area (Å²) in [6.45, 7) is 3.20. The molecule has 1 N–H and O–H groups in total.